The molecule has 0 aliphatic carbocycles. The number of nitrogens with one attached hydrogen (secondary N) is 1. The van der Waals surface area contributed by atoms with Crippen LogP contribution >= 0.6 is 11.6 Å². The van der Waals surface area contributed by atoms with Gasteiger partial charge in [0, 0.05) is 23.4 Å². The molecule has 4 heteroatoms. The fourth-order valence-corrected chi connectivity index (χ4v) is 2.50. The van der Waals surface area contributed by atoms with Crippen LogP contribution in [-0.2, 0) is 4.79 Å². The maximum absolute atomic E-state index is 12.1. The van der Waals surface area contributed by atoms with E-state index in [1.54, 1.807) is 12.1 Å². The molecule has 0 fully saturated rings. The number of amides is 1. The van der Waals surface area contributed by atoms with Crippen molar-refractivity contribution in [2.24, 2.45) is 0 Å². The molecule has 2 aromatic carbocycles. The predicted octanol–water partition coefficient (Wildman–Crippen LogP) is 4.57. The Morgan fingerprint density at radius 2 is 1.65 bits per heavy atom. The number of benzene rings is 2. The zero-order valence-electron chi connectivity index (χ0n) is 13.1. The summed E-state index contributed by atoms with van der Waals surface area (Å²) in [5.41, 5.74) is 1.66. The maximum atomic E-state index is 12.1. The lowest BCUT2D eigenvalue weighted by molar-refractivity contribution is -0.121. The standard InChI is InChI=1S/C19H20ClNO2/c1-2-17(14-8-10-16(20)11-9-14)21-19(23)13-12-18(22)15-6-4-3-5-7-15/h3-11,17H,2,12-13H2,1H3,(H,21,23). The molecule has 0 aliphatic rings. The van der Waals surface area contributed by atoms with Gasteiger partial charge < -0.3 is 5.32 Å². The normalized spacial score (nSPS) is 11.7. The first-order chi connectivity index (χ1) is 11.1. The number of rotatable bonds is 7. The van der Waals surface area contributed by atoms with E-state index < -0.39 is 0 Å². The fourth-order valence-electron chi connectivity index (χ4n) is 2.38. The molecule has 1 atom stereocenters. The van der Waals surface area contributed by atoms with Gasteiger partial charge in [-0.1, -0.05) is 61.0 Å². The molecule has 0 aromatic heterocycles. The summed E-state index contributed by atoms with van der Waals surface area (Å²) in [6.07, 6.45) is 1.19. The van der Waals surface area contributed by atoms with Gasteiger partial charge in [-0.05, 0) is 24.1 Å². The molecule has 0 heterocycles. The van der Waals surface area contributed by atoms with Crippen LogP contribution in [0.5, 0.6) is 0 Å². The molecule has 2 aromatic rings. The molecular weight excluding hydrogens is 310 g/mol. The largest absolute Gasteiger partial charge is 0.349 e. The van der Waals surface area contributed by atoms with Gasteiger partial charge in [0.05, 0.1) is 6.04 Å². The highest BCUT2D eigenvalue weighted by atomic mass is 35.5. The lowest BCUT2D eigenvalue weighted by Gasteiger charge is -2.17. The molecule has 3 nitrogen and oxygen atoms in total. The highest BCUT2D eigenvalue weighted by Crippen LogP contribution is 2.19. The van der Waals surface area contributed by atoms with E-state index in [0.29, 0.717) is 10.6 Å². The van der Waals surface area contributed by atoms with E-state index >= 15 is 0 Å². The molecular formula is C19H20ClNO2. The van der Waals surface area contributed by atoms with Gasteiger partial charge in [-0.25, -0.2) is 0 Å². The summed E-state index contributed by atoms with van der Waals surface area (Å²) in [6.45, 7) is 2.01. The molecule has 0 saturated carbocycles. The van der Waals surface area contributed by atoms with Crippen LogP contribution in [0.3, 0.4) is 0 Å². The van der Waals surface area contributed by atoms with Crippen molar-refractivity contribution < 1.29 is 9.59 Å². The molecule has 120 valence electrons. The number of carbonyl (C=O) groups is 2. The number of Topliss-reactive ketones (excluding diaryl/α,β-unsaturated/α-hetero) is 1. The van der Waals surface area contributed by atoms with Gasteiger partial charge in [-0.15, -0.1) is 0 Å². The number of hydrogen-bond acceptors (Lipinski definition) is 2. The first kappa shape index (κ1) is 17.2. The monoisotopic (exact) mass is 329 g/mol. The lowest BCUT2D eigenvalue weighted by atomic mass is 10.0. The first-order valence-corrected chi connectivity index (χ1v) is 8.11. The second-order valence-corrected chi connectivity index (χ2v) is 5.81. The smallest absolute Gasteiger partial charge is 0.220 e. The Kier molecular flexibility index (Phi) is 6.36. The van der Waals surface area contributed by atoms with Crippen LogP contribution in [0.25, 0.3) is 0 Å². The summed E-state index contributed by atoms with van der Waals surface area (Å²) >= 11 is 5.88. The fraction of sp³-hybridized carbons (Fsp3) is 0.263. The third-order valence-corrected chi connectivity index (χ3v) is 3.94. The van der Waals surface area contributed by atoms with E-state index in [1.165, 1.54) is 0 Å². The summed E-state index contributed by atoms with van der Waals surface area (Å²) < 4.78 is 0. The summed E-state index contributed by atoms with van der Waals surface area (Å²) in [5, 5.41) is 3.64. The summed E-state index contributed by atoms with van der Waals surface area (Å²) in [5.74, 6) is -0.128. The van der Waals surface area contributed by atoms with Crippen LogP contribution in [0, 0.1) is 0 Å². The van der Waals surface area contributed by atoms with Gasteiger partial charge in [0.15, 0.2) is 5.78 Å². The van der Waals surface area contributed by atoms with Gasteiger partial charge in [0.1, 0.15) is 0 Å². The van der Waals surface area contributed by atoms with Crippen molar-refractivity contribution in [3.05, 3.63) is 70.7 Å². The van der Waals surface area contributed by atoms with Crippen molar-refractivity contribution in [1.29, 1.82) is 0 Å². The van der Waals surface area contributed by atoms with Crippen molar-refractivity contribution >= 4 is 23.3 Å². The molecule has 0 aliphatic heterocycles. The predicted molar refractivity (Wildman–Crippen MR) is 92.6 cm³/mol. The zero-order valence-corrected chi connectivity index (χ0v) is 13.8. The van der Waals surface area contributed by atoms with Crippen molar-refractivity contribution in [3.8, 4) is 0 Å². The zero-order chi connectivity index (χ0) is 16.7. The Hall–Kier alpha value is -2.13. The Balaban J connectivity index is 1.88. The third kappa shape index (κ3) is 5.22. The minimum Gasteiger partial charge on any atom is -0.349 e. The third-order valence-electron chi connectivity index (χ3n) is 3.69. The Morgan fingerprint density at radius 1 is 1.00 bits per heavy atom. The highest BCUT2D eigenvalue weighted by Gasteiger charge is 2.14. The van der Waals surface area contributed by atoms with Gasteiger partial charge >= 0.3 is 0 Å². The molecule has 1 N–H and O–H groups in total. The number of halogens is 1. The second-order valence-electron chi connectivity index (χ2n) is 5.37. The van der Waals surface area contributed by atoms with Gasteiger partial charge in [-0.3, -0.25) is 9.59 Å². The van der Waals surface area contributed by atoms with E-state index in [0.717, 1.165) is 12.0 Å². The van der Waals surface area contributed by atoms with Crippen molar-refractivity contribution in [1.82, 2.24) is 5.32 Å². The first-order valence-electron chi connectivity index (χ1n) is 7.73. The maximum Gasteiger partial charge on any atom is 0.220 e. The average Bonchev–Trinajstić information content (AvgIpc) is 2.59. The molecule has 0 radical (unpaired) electrons. The van der Waals surface area contributed by atoms with Crippen LogP contribution in [0.15, 0.2) is 54.6 Å². The van der Waals surface area contributed by atoms with Gasteiger partial charge in [-0.2, -0.15) is 0 Å². The van der Waals surface area contributed by atoms with Crippen molar-refractivity contribution in [3.63, 3.8) is 0 Å². The number of hydrogen-bond donors (Lipinski definition) is 1. The van der Waals surface area contributed by atoms with E-state index in [1.807, 2.05) is 49.4 Å². The highest BCUT2D eigenvalue weighted by molar-refractivity contribution is 6.30. The second kappa shape index (κ2) is 8.49. The van der Waals surface area contributed by atoms with Crippen LogP contribution in [0.1, 0.15) is 48.1 Å². The molecule has 1 amide bonds. The van der Waals surface area contributed by atoms with E-state index in [2.05, 4.69) is 5.32 Å². The molecule has 0 saturated heterocycles. The molecule has 2 rings (SSSR count). The van der Waals surface area contributed by atoms with Crippen molar-refractivity contribution in [2.75, 3.05) is 0 Å². The summed E-state index contributed by atoms with van der Waals surface area (Å²) in [6, 6.07) is 16.4. The van der Waals surface area contributed by atoms with Crippen LogP contribution in [0.2, 0.25) is 5.02 Å². The molecule has 0 bridgehead atoms. The topological polar surface area (TPSA) is 46.2 Å². The van der Waals surface area contributed by atoms with E-state index in [9.17, 15) is 9.59 Å². The quantitative estimate of drug-likeness (QED) is 0.756. The number of carbonyl (C=O) groups excluding carboxylic acids is 2. The van der Waals surface area contributed by atoms with Crippen LogP contribution < -0.4 is 5.32 Å². The average molecular weight is 330 g/mol. The lowest BCUT2D eigenvalue weighted by Crippen LogP contribution is -2.28. The molecule has 0 spiro atoms. The Bertz CT molecular complexity index is 653. The van der Waals surface area contributed by atoms with E-state index in [4.69, 9.17) is 11.6 Å². The SMILES string of the molecule is CCC(NC(=O)CCC(=O)c1ccccc1)c1ccc(Cl)cc1. The Morgan fingerprint density at radius 3 is 2.26 bits per heavy atom. The van der Waals surface area contributed by atoms with Crippen LogP contribution in [0.4, 0.5) is 0 Å². The molecule has 23 heavy (non-hydrogen) atoms. The minimum absolute atomic E-state index is 0.0136. The Labute approximate surface area is 141 Å². The minimum atomic E-state index is -0.115. The summed E-state index contributed by atoms with van der Waals surface area (Å²) in [4.78, 5) is 24.1. The molecule has 1 unspecified atom stereocenters. The van der Waals surface area contributed by atoms with Gasteiger partial charge in [0.2, 0.25) is 5.91 Å². The van der Waals surface area contributed by atoms with Crippen LogP contribution in [-0.4, -0.2) is 11.7 Å². The van der Waals surface area contributed by atoms with Crippen molar-refractivity contribution in [2.45, 2.75) is 32.2 Å². The number of ketones is 1. The van der Waals surface area contributed by atoms with Gasteiger partial charge in [0.25, 0.3) is 0 Å². The van der Waals surface area contributed by atoms with E-state index in [-0.39, 0.29) is 30.6 Å². The summed E-state index contributed by atoms with van der Waals surface area (Å²) in [7, 11) is 0.